The molecule has 0 aromatic carbocycles. The van der Waals surface area contributed by atoms with E-state index >= 15 is 0 Å². The monoisotopic (exact) mass is 262 g/mol. The molecule has 0 saturated carbocycles. The summed E-state index contributed by atoms with van der Waals surface area (Å²) in [5, 5.41) is 16.7. The molecular formula is C13H18N4O2. The van der Waals surface area contributed by atoms with E-state index in [4.69, 9.17) is 0 Å². The van der Waals surface area contributed by atoms with Crippen molar-refractivity contribution in [2.45, 2.75) is 27.7 Å². The molecule has 0 unspecified atom stereocenters. The van der Waals surface area contributed by atoms with Crippen molar-refractivity contribution in [1.82, 2.24) is 14.6 Å². The molecule has 0 radical (unpaired) electrons. The van der Waals surface area contributed by atoms with Crippen LogP contribution >= 0.6 is 0 Å². The van der Waals surface area contributed by atoms with Crippen LogP contribution in [0.1, 0.15) is 37.0 Å². The van der Waals surface area contributed by atoms with Crippen LogP contribution in [0.25, 0.3) is 5.65 Å². The quantitative estimate of drug-likeness (QED) is 0.886. The summed E-state index contributed by atoms with van der Waals surface area (Å²) in [5.74, 6) is -0.382. The lowest BCUT2D eigenvalue weighted by Gasteiger charge is -2.19. The number of nitrogens with zero attached hydrogens (tertiary/aromatic N) is 3. The summed E-state index contributed by atoms with van der Waals surface area (Å²) in [6, 6.07) is 3.57. The average Bonchev–Trinajstić information content (AvgIpc) is 2.60. The van der Waals surface area contributed by atoms with Crippen LogP contribution in [-0.4, -0.2) is 32.2 Å². The minimum Gasteiger partial charge on any atom is -0.476 e. The van der Waals surface area contributed by atoms with Gasteiger partial charge in [0.15, 0.2) is 11.3 Å². The lowest BCUT2D eigenvalue weighted by Crippen LogP contribution is -2.20. The van der Waals surface area contributed by atoms with Crippen LogP contribution in [0.2, 0.25) is 0 Å². The van der Waals surface area contributed by atoms with E-state index in [0.717, 1.165) is 6.54 Å². The van der Waals surface area contributed by atoms with Crippen molar-refractivity contribution in [1.29, 1.82) is 0 Å². The number of nitrogens with one attached hydrogen (secondary N) is 1. The predicted molar refractivity (Wildman–Crippen MR) is 72.6 cm³/mol. The molecule has 6 nitrogen and oxygen atoms in total. The zero-order chi connectivity index (χ0) is 14.2. The predicted octanol–water partition coefficient (Wildman–Crippen LogP) is 2.19. The topological polar surface area (TPSA) is 79.5 Å². The van der Waals surface area contributed by atoms with Gasteiger partial charge in [-0.3, -0.25) is 0 Å². The highest BCUT2D eigenvalue weighted by atomic mass is 16.4. The Balaban J connectivity index is 2.39. The molecule has 0 aliphatic carbocycles. The van der Waals surface area contributed by atoms with Crippen LogP contribution in [0.4, 0.5) is 5.82 Å². The van der Waals surface area contributed by atoms with E-state index in [9.17, 15) is 9.90 Å². The van der Waals surface area contributed by atoms with Gasteiger partial charge < -0.3 is 10.4 Å². The van der Waals surface area contributed by atoms with Crippen LogP contribution in [0.5, 0.6) is 0 Å². The maximum atomic E-state index is 11.2. The standard InChI is InChI=1S/C13H18N4O2/c1-8-11(12(18)19)17-10(15-8)6-5-9(16-17)14-7-13(2,3)4/h5-6H,7H2,1-4H3,(H,14,16)(H,18,19). The highest BCUT2D eigenvalue weighted by molar-refractivity contribution is 5.88. The first kappa shape index (κ1) is 13.3. The maximum absolute atomic E-state index is 11.2. The molecule has 0 atom stereocenters. The van der Waals surface area contributed by atoms with Gasteiger partial charge in [-0.15, -0.1) is 5.10 Å². The fourth-order valence-electron chi connectivity index (χ4n) is 1.74. The highest BCUT2D eigenvalue weighted by Crippen LogP contribution is 2.16. The molecule has 2 aromatic rings. The zero-order valence-corrected chi connectivity index (χ0v) is 11.6. The van der Waals surface area contributed by atoms with Crippen molar-refractivity contribution in [3.05, 3.63) is 23.5 Å². The Morgan fingerprint density at radius 2 is 2.11 bits per heavy atom. The molecule has 2 N–H and O–H groups in total. The number of carbonyl (C=O) groups is 1. The SMILES string of the molecule is Cc1nc2ccc(NCC(C)(C)C)nn2c1C(=O)O. The van der Waals surface area contributed by atoms with E-state index in [1.165, 1.54) is 4.52 Å². The summed E-state index contributed by atoms with van der Waals surface area (Å²) >= 11 is 0. The van der Waals surface area contributed by atoms with Gasteiger partial charge in [-0.05, 0) is 24.5 Å². The van der Waals surface area contributed by atoms with E-state index < -0.39 is 5.97 Å². The summed E-state index contributed by atoms with van der Waals surface area (Å²) < 4.78 is 1.36. The first-order chi connectivity index (χ1) is 8.78. The molecule has 0 aliphatic heterocycles. The molecule has 0 saturated heterocycles. The molecule has 2 heterocycles. The highest BCUT2D eigenvalue weighted by Gasteiger charge is 2.17. The van der Waals surface area contributed by atoms with E-state index in [1.807, 2.05) is 0 Å². The number of aromatic carboxylic acids is 1. The number of aromatic nitrogens is 3. The minimum absolute atomic E-state index is 0.106. The van der Waals surface area contributed by atoms with E-state index in [-0.39, 0.29) is 11.1 Å². The average molecular weight is 262 g/mol. The van der Waals surface area contributed by atoms with Gasteiger partial charge in [-0.1, -0.05) is 20.8 Å². The second kappa shape index (κ2) is 4.53. The van der Waals surface area contributed by atoms with E-state index in [2.05, 4.69) is 36.2 Å². The Morgan fingerprint density at radius 3 is 2.68 bits per heavy atom. The number of carboxylic acids is 1. The Labute approximate surface area is 111 Å². The summed E-state index contributed by atoms with van der Waals surface area (Å²) in [4.78, 5) is 15.4. The van der Waals surface area contributed by atoms with Gasteiger partial charge in [0.05, 0.1) is 5.69 Å². The Morgan fingerprint density at radius 1 is 1.42 bits per heavy atom. The number of carboxylic acid groups (broad SMARTS) is 1. The van der Waals surface area contributed by atoms with Crippen molar-refractivity contribution >= 4 is 17.4 Å². The van der Waals surface area contributed by atoms with Gasteiger partial charge in [0.1, 0.15) is 5.82 Å². The molecule has 0 fully saturated rings. The third-order valence-electron chi connectivity index (χ3n) is 2.65. The van der Waals surface area contributed by atoms with Crippen LogP contribution in [0.15, 0.2) is 12.1 Å². The molecular weight excluding hydrogens is 244 g/mol. The number of imidazole rings is 1. The van der Waals surface area contributed by atoms with Gasteiger partial charge in [-0.2, -0.15) is 0 Å². The maximum Gasteiger partial charge on any atom is 0.356 e. The summed E-state index contributed by atoms with van der Waals surface area (Å²) in [7, 11) is 0. The van der Waals surface area contributed by atoms with Crippen molar-refractivity contribution in [2.75, 3.05) is 11.9 Å². The van der Waals surface area contributed by atoms with Crippen molar-refractivity contribution in [3.8, 4) is 0 Å². The van der Waals surface area contributed by atoms with Crippen molar-refractivity contribution < 1.29 is 9.90 Å². The fourth-order valence-corrected chi connectivity index (χ4v) is 1.74. The Kier molecular flexibility index (Phi) is 3.18. The molecule has 0 spiro atoms. The molecule has 0 aliphatic rings. The molecule has 0 amide bonds. The lowest BCUT2D eigenvalue weighted by molar-refractivity contribution is 0.0687. The summed E-state index contributed by atoms with van der Waals surface area (Å²) in [6.45, 7) is 8.76. The molecule has 6 heteroatoms. The molecule has 2 aromatic heterocycles. The summed E-state index contributed by atoms with van der Waals surface area (Å²) in [6.07, 6.45) is 0. The first-order valence-corrected chi connectivity index (χ1v) is 6.11. The second-order valence-electron chi connectivity index (χ2n) is 5.75. The van der Waals surface area contributed by atoms with Gasteiger partial charge >= 0.3 is 5.97 Å². The Bertz CT molecular complexity index is 625. The molecule has 19 heavy (non-hydrogen) atoms. The number of fused-ring (bicyclic) bond motifs is 1. The number of anilines is 1. The third-order valence-corrected chi connectivity index (χ3v) is 2.65. The van der Waals surface area contributed by atoms with Crippen LogP contribution in [0, 0.1) is 12.3 Å². The largest absolute Gasteiger partial charge is 0.476 e. The van der Waals surface area contributed by atoms with E-state index in [0.29, 0.717) is 17.2 Å². The first-order valence-electron chi connectivity index (χ1n) is 6.11. The van der Waals surface area contributed by atoms with Crippen LogP contribution in [0.3, 0.4) is 0 Å². The van der Waals surface area contributed by atoms with Crippen molar-refractivity contribution in [3.63, 3.8) is 0 Å². The zero-order valence-electron chi connectivity index (χ0n) is 11.6. The summed E-state index contributed by atoms with van der Waals surface area (Å²) in [5.41, 5.74) is 1.23. The van der Waals surface area contributed by atoms with Gasteiger partial charge in [0, 0.05) is 6.54 Å². The molecule has 2 rings (SSSR count). The van der Waals surface area contributed by atoms with Crippen LogP contribution < -0.4 is 5.32 Å². The smallest absolute Gasteiger partial charge is 0.356 e. The van der Waals surface area contributed by atoms with Gasteiger partial charge in [0.25, 0.3) is 0 Å². The van der Waals surface area contributed by atoms with Crippen molar-refractivity contribution in [2.24, 2.45) is 5.41 Å². The van der Waals surface area contributed by atoms with E-state index in [1.54, 1.807) is 19.1 Å². The number of aryl methyl sites for hydroxylation is 1. The number of hydrogen-bond acceptors (Lipinski definition) is 4. The number of rotatable bonds is 3. The second-order valence-corrected chi connectivity index (χ2v) is 5.75. The normalized spacial score (nSPS) is 11.8. The minimum atomic E-state index is -1.02. The van der Waals surface area contributed by atoms with Gasteiger partial charge in [-0.25, -0.2) is 14.3 Å². The van der Waals surface area contributed by atoms with Crippen LogP contribution in [-0.2, 0) is 0 Å². The molecule has 0 bridgehead atoms. The van der Waals surface area contributed by atoms with Gasteiger partial charge in [0.2, 0.25) is 0 Å². The lowest BCUT2D eigenvalue weighted by atomic mass is 9.97. The third kappa shape index (κ3) is 2.83. The fraction of sp³-hybridized carbons (Fsp3) is 0.462. The number of hydrogen-bond donors (Lipinski definition) is 2. The Hall–Kier alpha value is -2.11. The molecule has 102 valence electrons.